The van der Waals surface area contributed by atoms with E-state index >= 15 is 0 Å². The Morgan fingerprint density at radius 1 is 1.10 bits per heavy atom. The van der Waals surface area contributed by atoms with Gasteiger partial charge < -0.3 is 10.6 Å². The fourth-order valence-electron chi connectivity index (χ4n) is 2.00. The van der Waals surface area contributed by atoms with Crippen LogP contribution in [-0.2, 0) is 4.79 Å². The molecule has 2 amide bonds. The standard InChI is InChI=1S/C16H24N2O2/c1-3-4-5-6-7-11-15(19)18-14-10-8-9-13(12-14)16(20)17-2/h8-10,12H,3-7,11H2,1-2H3,(H,17,20)(H,18,19). The Bertz CT molecular complexity index is 444. The lowest BCUT2D eigenvalue weighted by Crippen LogP contribution is -2.18. The summed E-state index contributed by atoms with van der Waals surface area (Å²) in [4.78, 5) is 23.3. The lowest BCUT2D eigenvalue weighted by molar-refractivity contribution is -0.116. The molecule has 20 heavy (non-hydrogen) atoms. The molecule has 0 heterocycles. The zero-order valence-electron chi connectivity index (χ0n) is 12.4. The average molecular weight is 276 g/mol. The normalized spacial score (nSPS) is 10.1. The molecule has 0 saturated heterocycles. The molecule has 4 heteroatoms. The van der Waals surface area contributed by atoms with Gasteiger partial charge in [-0.15, -0.1) is 0 Å². The number of rotatable bonds is 8. The van der Waals surface area contributed by atoms with E-state index < -0.39 is 0 Å². The van der Waals surface area contributed by atoms with Crippen molar-refractivity contribution < 1.29 is 9.59 Å². The van der Waals surface area contributed by atoms with Crippen molar-refractivity contribution >= 4 is 17.5 Å². The predicted molar refractivity (Wildman–Crippen MR) is 81.8 cm³/mol. The topological polar surface area (TPSA) is 58.2 Å². The van der Waals surface area contributed by atoms with Crippen LogP contribution in [0.1, 0.15) is 55.8 Å². The van der Waals surface area contributed by atoms with Crippen LogP contribution in [0.3, 0.4) is 0 Å². The van der Waals surface area contributed by atoms with E-state index in [2.05, 4.69) is 17.6 Å². The second kappa shape index (κ2) is 9.13. The Balaban J connectivity index is 2.40. The van der Waals surface area contributed by atoms with Gasteiger partial charge in [0.25, 0.3) is 5.91 Å². The summed E-state index contributed by atoms with van der Waals surface area (Å²) in [6.45, 7) is 2.17. The maximum Gasteiger partial charge on any atom is 0.251 e. The minimum Gasteiger partial charge on any atom is -0.355 e. The zero-order valence-corrected chi connectivity index (χ0v) is 12.4. The van der Waals surface area contributed by atoms with Crippen LogP contribution in [0.5, 0.6) is 0 Å². The van der Waals surface area contributed by atoms with Crippen molar-refractivity contribution in [3.05, 3.63) is 29.8 Å². The molecule has 2 N–H and O–H groups in total. The van der Waals surface area contributed by atoms with Crippen LogP contribution in [0, 0.1) is 0 Å². The maximum absolute atomic E-state index is 11.8. The quantitative estimate of drug-likeness (QED) is 0.715. The van der Waals surface area contributed by atoms with E-state index in [9.17, 15) is 9.59 Å². The minimum atomic E-state index is -0.152. The van der Waals surface area contributed by atoms with Crippen molar-refractivity contribution in [1.82, 2.24) is 5.32 Å². The van der Waals surface area contributed by atoms with E-state index in [1.165, 1.54) is 19.3 Å². The number of nitrogens with one attached hydrogen (secondary N) is 2. The van der Waals surface area contributed by atoms with Gasteiger partial charge in [0.05, 0.1) is 0 Å². The fourth-order valence-corrected chi connectivity index (χ4v) is 2.00. The number of hydrogen-bond acceptors (Lipinski definition) is 2. The first-order valence-corrected chi connectivity index (χ1v) is 7.29. The Morgan fingerprint density at radius 3 is 2.55 bits per heavy atom. The number of anilines is 1. The van der Waals surface area contributed by atoms with Gasteiger partial charge in [-0.05, 0) is 24.6 Å². The second-order valence-electron chi connectivity index (χ2n) is 4.87. The van der Waals surface area contributed by atoms with E-state index in [4.69, 9.17) is 0 Å². The van der Waals surface area contributed by atoms with E-state index in [1.54, 1.807) is 31.3 Å². The van der Waals surface area contributed by atoms with Crippen LogP contribution >= 0.6 is 0 Å². The van der Waals surface area contributed by atoms with Crippen LogP contribution < -0.4 is 10.6 Å². The summed E-state index contributed by atoms with van der Waals surface area (Å²) in [5, 5.41) is 5.40. The number of carbonyl (C=O) groups excluding carboxylic acids is 2. The molecule has 0 atom stereocenters. The van der Waals surface area contributed by atoms with Gasteiger partial charge in [-0.2, -0.15) is 0 Å². The Hall–Kier alpha value is -1.84. The van der Waals surface area contributed by atoms with Crippen LogP contribution in [-0.4, -0.2) is 18.9 Å². The molecule has 0 aliphatic carbocycles. The monoisotopic (exact) mass is 276 g/mol. The summed E-state index contributed by atoms with van der Waals surface area (Å²) in [7, 11) is 1.59. The molecule has 0 aliphatic rings. The number of benzene rings is 1. The summed E-state index contributed by atoms with van der Waals surface area (Å²) in [5.41, 5.74) is 1.22. The van der Waals surface area contributed by atoms with Gasteiger partial charge in [0, 0.05) is 24.7 Å². The van der Waals surface area contributed by atoms with Crippen molar-refractivity contribution in [2.45, 2.75) is 45.4 Å². The third-order valence-corrected chi connectivity index (χ3v) is 3.14. The predicted octanol–water partition coefficient (Wildman–Crippen LogP) is 3.35. The molecule has 1 aromatic carbocycles. The summed E-state index contributed by atoms with van der Waals surface area (Å²) < 4.78 is 0. The van der Waals surface area contributed by atoms with Crippen molar-refractivity contribution in [3.63, 3.8) is 0 Å². The SMILES string of the molecule is CCCCCCCC(=O)Nc1cccc(C(=O)NC)c1. The average Bonchev–Trinajstić information content (AvgIpc) is 2.46. The molecule has 0 bridgehead atoms. The third-order valence-electron chi connectivity index (χ3n) is 3.14. The van der Waals surface area contributed by atoms with Gasteiger partial charge in [-0.1, -0.05) is 38.7 Å². The first kappa shape index (κ1) is 16.2. The smallest absolute Gasteiger partial charge is 0.251 e. The van der Waals surface area contributed by atoms with Crippen molar-refractivity contribution in [1.29, 1.82) is 0 Å². The van der Waals surface area contributed by atoms with Crippen molar-refractivity contribution in [2.24, 2.45) is 0 Å². The molecule has 110 valence electrons. The van der Waals surface area contributed by atoms with E-state index in [0.717, 1.165) is 12.8 Å². The van der Waals surface area contributed by atoms with Crippen LogP contribution in [0.15, 0.2) is 24.3 Å². The van der Waals surface area contributed by atoms with Gasteiger partial charge >= 0.3 is 0 Å². The second-order valence-corrected chi connectivity index (χ2v) is 4.87. The van der Waals surface area contributed by atoms with Crippen LogP contribution in [0.2, 0.25) is 0 Å². The zero-order chi connectivity index (χ0) is 14.8. The summed E-state index contributed by atoms with van der Waals surface area (Å²) in [6, 6.07) is 6.97. The fraction of sp³-hybridized carbons (Fsp3) is 0.500. The minimum absolute atomic E-state index is 0.00977. The number of carbonyl (C=O) groups is 2. The number of unbranched alkanes of at least 4 members (excludes halogenated alkanes) is 4. The highest BCUT2D eigenvalue weighted by atomic mass is 16.2. The van der Waals surface area contributed by atoms with Crippen LogP contribution in [0.25, 0.3) is 0 Å². The molecular formula is C16H24N2O2. The van der Waals surface area contributed by atoms with Gasteiger partial charge in [-0.25, -0.2) is 0 Å². The molecule has 4 nitrogen and oxygen atoms in total. The van der Waals surface area contributed by atoms with Gasteiger partial charge in [0.2, 0.25) is 5.91 Å². The summed E-state index contributed by atoms with van der Waals surface area (Å²) in [5.74, 6) is -0.142. The molecule has 0 radical (unpaired) electrons. The molecule has 0 spiro atoms. The molecule has 0 aromatic heterocycles. The van der Waals surface area contributed by atoms with Crippen LogP contribution in [0.4, 0.5) is 5.69 Å². The van der Waals surface area contributed by atoms with E-state index in [-0.39, 0.29) is 11.8 Å². The Kier molecular flexibility index (Phi) is 7.40. The van der Waals surface area contributed by atoms with Crippen molar-refractivity contribution in [2.75, 3.05) is 12.4 Å². The first-order valence-electron chi connectivity index (χ1n) is 7.29. The molecule has 0 saturated carbocycles. The molecule has 0 fully saturated rings. The molecule has 0 unspecified atom stereocenters. The molecule has 0 aliphatic heterocycles. The van der Waals surface area contributed by atoms with E-state index in [0.29, 0.717) is 17.7 Å². The summed E-state index contributed by atoms with van der Waals surface area (Å²) >= 11 is 0. The Morgan fingerprint density at radius 2 is 1.85 bits per heavy atom. The lowest BCUT2D eigenvalue weighted by atomic mass is 10.1. The molecule has 1 rings (SSSR count). The number of hydrogen-bond donors (Lipinski definition) is 2. The third kappa shape index (κ3) is 5.87. The van der Waals surface area contributed by atoms with E-state index in [1.807, 2.05) is 0 Å². The van der Waals surface area contributed by atoms with Gasteiger partial charge in [0.15, 0.2) is 0 Å². The summed E-state index contributed by atoms with van der Waals surface area (Å²) in [6.07, 6.45) is 6.18. The lowest BCUT2D eigenvalue weighted by Gasteiger charge is -2.07. The highest BCUT2D eigenvalue weighted by molar-refractivity contribution is 5.97. The largest absolute Gasteiger partial charge is 0.355 e. The number of amides is 2. The highest BCUT2D eigenvalue weighted by Crippen LogP contribution is 2.12. The molecular weight excluding hydrogens is 252 g/mol. The van der Waals surface area contributed by atoms with Crippen molar-refractivity contribution in [3.8, 4) is 0 Å². The first-order chi connectivity index (χ1) is 9.67. The molecule has 1 aromatic rings. The maximum atomic E-state index is 11.8. The highest BCUT2D eigenvalue weighted by Gasteiger charge is 2.06. The Labute approximate surface area is 121 Å². The van der Waals surface area contributed by atoms with Gasteiger partial charge in [0.1, 0.15) is 0 Å². The van der Waals surface area contributed by atoms with Gasteiger partial charge in [-0.3, -0.25) is 9.59 Å².